The van der Waals surface area contributed by atoms with Crippen molar-refractivity contribution in [1.29, 1.82) is 0 Å². The van der Waals surface area contributed by atoms with Crippen molar-refractivity contribution in [1.82, 2.24) is 10.6 Å². The van der Waals surface area contributed by atoms with Gasteiger partial charge in [0.15, 0.2) is 5.96 Å². The molecule has 0 heterocycles. The van der Waals surface area contributed by atoms with Crippen LogP contribution >= 0.6 is 0 Å². The summed E-state index contributed by atoms with van der Waals surface area (Å²) < 4.78 is 36.7. The summed E-state index contributed by atoms with van der Waals surface area (Å²) >= 11 is 0. The molecule has 0 atom stereocenters. The van der Waals surface area contributed by atoms with Crippen LogP contribution in [0.5, 0.6) is 0 Å². The second-order valence-electron chi connectivity index (χ2n) is 6.73. The van der Waals surface area contributed by atoms with Gasteiger partial charge in [-0.1, -0.05) is 30.3 Å². The van der Waals surface area contributed by atoms with E-state index in [1.165, 1.54) is 18.2 Å². The van der Waals surface area contributed by atoms with Gasteiger partial charge in [-0.3, -0.25) is 4.99 Å². The highest BCUT2D eigenvalue weighted by Crippen LogP contribution is 2.48. The molecule has 27 heavy (non-hydrogen) atoms. The van der Waals surface area contributed by atoms with Crippen molar-refractivity contribution in [2.75, 3.05) is 13.6 Å². The van der Waals surface area contributed by atoms with Crippen LogP contribution in [-0.2, 0) is 22.0 Å². The SMILES string of the molecule is CN=C(NCc1ccc(S(N)(=O)=O)cc1)NCC1(c2ccccc2F)CC1. The monoisotopic (exact) mass is 390 g/mol. The molecule has 8 heteroatoms. The summed E-state index contributed by atoms with van der Waals surface area (Å²) in [4.78, 5) is 4.27. The number of hydrogen-bond donors (Lipinski definition) is 3. The molecule has 1 aliphatic carbocycles. The molecule has 0 bridgehead atoms. The van der Waals surface area contributed by atoms with Gasteiger partial charge in [-0.2, -0.15) is 0 Å². The highest BCUT2D eigenvalue weighted by atomic mass is 32.2. The Hall–Kier alpha value is -2.45. The first-order valence-corrected chi connectivity index (χ1v) is 10.2. The molecule has 6 nitrogen and oxygen atoms in total. The molecule has 0 aromatic heterocycles. The molecule has 2 aromatic rings. The van der Waals surface area contributed by atoms with E-state index in [9.17, 15) is 12.8 Å². The molecule has 0 radical (unpaired) electrons. The van der Waals surface area contributed by atoms with Gasteiger partial charge in [-0.15, -0.1) is 0 Å². The van der Waals surface area contributed by atoms with Gasteiger partial charge in [0.25, 0.3) is 0 Å². The summed E-state index contributed by atoms with van der Waals surface area (Å²) in [6.07, 6.45) is 1.87. The first kappa shape index (κ1) is 19.3. The van der Waals surface area contributed by atoms with Gasteiger partial charge in [-0.05, 0) is 42.2 Å². The molecule has 1 aliphatic rings. The van der Waals surface area contributed by atoms with Crippen molar-refractivity contribution in [2.45, 2.75) is 29.7 Å². The van der Waals surface area contributed by atoms with Gasteiger partial charge in [-0.25, -0.2) is 17.9 Å². The maximum absolute atomic E-state index is 14.1. The minimum Gasteiger partial charge on any atom is -0.356 e. The average Bonchev–Trinajstić information content (AvgIpc) is 3.43. The molecular formula is C19H23FN4O2S. The van der Waals surface area contributed by atoms with Crippen molar-refractivity contribution in [3.63, 3.8) is 0 Å². The van der Waals surface area contributed by atoms with E-state index in [2.05, 4.69) is 15.6 Å². The Labute approximate surface area is 158 Å². The van der Waals surface area contributed by atoms with Gasteiger partial charge >= 0.3 is 0 Å². The predicted molar refractivity (Wildman–Crippen MR) is 103 cm³/mol. The van der Waals surface area contributed by atoms with E-state index in [0.29, 0.717) is 19.0 Å². The molecule has 0 aliphatic heterocycles. The average molecular weight is 390 g/mol. The van der Waals surface area contributed by atoms with Crippen LogP contribution in [0.25, 0.3) is 0 Å². The molecule has 3 rings (SSSR count). The Kier molecular flexibility index (Phi) is 5.48. The number of nitrogens with one attached hydrogen (secondary N) is 2. The summed E-state index contributed by atoms with van der Waals surface area (Å²) in [7, 11) is -2.02. The summed E-state index contributed by atoms with van der Waals surface area (Å²) in [6, 6.07) is 13.2. The van der Waals surface area contributed by atoms with Crippen molar-refractivity contribution in [3.8, 4) is 0 Å². The highest BCUT2D eigenvalue weighted by molar-refractivity contribution is 7.89. The molecule has 0 saturated heterocycles. The van der Waals surface area contributed by atoms with E-state index in [0.717, 1.165) is 24.0 Å². The van der Waals surface area contributed by atoms with Crippen molar-refractivity contribution in [2.24, 2.45) is 10.1 Å². The number of benzene rings is 2. The van der Waals surface area contributed by atoms with Gasteiger partial charge in [0.05, 0.1) is 4.90 Å². The first-order valence-electron chi connectivity index (χ1n) is 8.65. The second kappa shape index (κ2) is 7.66. The molecular weight excluding hydrogens is 367 g/mol. The van der Waals surface area contributed by atoms with Gasteiger partial charge in [0.2, 0.25) is 10.0 Å². The fourth-order valence-electron chi connectivity index (χ4n) is 3.04. The van der Waals surface area contributed by atoms with Crippen molar-refractivity contribution < 1.29 is 12.8 Å². The number of rotatable bonds is 6. The maximum Gasteiger partial charge on any atom is 0.238 e. The van der Waals surface area contributed by atoms with Crippen molar-refractivity contribution >= 4 is 16.0 Å². The van der Waals surface area contributed by atoms with Crippen LogP contribution in [-0.4, -0.2) is 28.0 Å². The van der Waals surface area contributed by atoms with E-state index in [1.54, 1.807) is 25.2 Å². The number of nitrogens with zero attached hydrogens (tertiary/aromatic N) is 1. The van der Waals surface area contributed by atoms with E-state index in [1.807, 2.05) is 12.1 Å². The Morgan fingerprint density at radius 2 is 1.81 bits per heavy atom. The summed E-state index contributed by atoms with van der Waals surface area (Å²) in [5.41, 5.74) is 1.45. The largest absolute Gasteiger partial charge is 0.356 e. The van der Waals surface area contributed by atoms with Crippen LogP contribution in [0.4, 0.5) is 4.39 Å². The molecule has 2 aromatic carbocycles. The Bertz CT molecular complexity index is 938. The van der Waals surface area contributed by atoms with Crippen LogP contribution < -0.4 is 15.8 Å². The van der Waals surface area contributed by atoms with E-state index >= 15 is 0 Å². The summed E-state index contributed by atoms with van der Waals surface area (Å²) in [6.45, 7) is 1.06. The molecule has 0 amide bonds. The quantitative estimate of drug-likeness (QED) is 0.518. The molecule has 0 spiro atoms. The second-order valence-corrected chi connectivity index (χ2v) is 8.29. The number of sulfonamides is 1. The topological polar surface area (TPSA) is 96.6 Å². The Morgan fingerprint density at radius 1 is 1.15 bits per heavy atom. The number of nitrogens with two attached hydrogens (primary N) is 1. The standard InChI is InChI=1S/C19H23FN4O2S/c1-22-18(23-12-14-6-8-15(9-7-14)27(21,25)26)24-13-19(10-11-19)16-4-2-3-5-17(16)20/h2-9H,10-13H2,1H3,(H2,21,25,26)(H2,22,23,24). The summed E-state index contributed by atoms with van der Waals surface area (Å²) in [5.74, 6) is 0.433. The van der Waals surface area contributed by atoms with Crippen molar-refractivity contribution in [3.05, 3.63) is 65.5 Å². The Morgan fingerprint density at radius 3 is 2.37 bits per heavy atom. The van der Waals surface area contributed by atoms with E-state index < -0.39 is 10.0 Å². The lowest BCUT2D eigenvalue weighted by Gasteiger charge is -2.19. The zero-order valence-corrected chi connectivity index (χ0v) is 15.9. The number of aliphatic imine (C=N–C) groups is 1. The van der Waals surface area contributed by atoms with Gasteiger partial charge in [0.1, 0.15) is 5.82 Å². The summed E-state index contributed by atoms with van der Waals surface area (Å²) in [5, 5.41) is 11.5. The Balaban J connectivity index is 1.57. The third-order valence-electron chi connectivity index (χ3n) is 4.83. The smallest absolute Gasteiger partial charge is 0.238 e. The molecule has 144 valence electrons. The molecule has 1 fully saturated rings. The number of guanidine groups is 1. The first-order chi connectivity index (χ1) is 12.8. The van der Waals surface area contributed by atoms with Gasteiger partial charge in [0, 0.05) is 25.6 Å². The maximum atomic E-state index is 14.1. The fourth-order valence-corrected chi connectivity index (χ4v) is 3.56. The zero-order chi connectivity index (χ0) is 19.5. The molecule has 1 saturated carbocycles. The number of primary sulfonamides is 1. The van der Waals surface area contributed by atoms with Crippen LogP contribution in [0.15, 0.2) is 58.4 Å². The van der Waals surface area contributed by atoms with Crippen LogP contribution in [0.1, 0.15) is 24.0 Å². The normalized spacial score (nSPS) is 16.0. The predicted octanol–water partition coefficient (Wildman–Crippen LogP) is 1.87. The van der Waals surface area contributed by atoms with Crippen LogP contribution in [0, 0.1) is 5.82 Å². The lowest BCUT2D eigenvalue weighted by molar-refractivity contribution is 0.559. The number of hydrogen-bond acceptors (Lipinski definition) is 3. The highest BCUT2D eigenvalue weighted by Gasteiger charge is 2.45. The van der Waals surface area contributed by atoms with E-state index in [-0.39, 0.29) is 16.1 Å². The fraction of sp³-hybridized carbons (Fsp3) is 0.316. The lowest BCUT2D eigenvalue weighted by atomic mass is 9.95. The lowest BCUT2D eigenvalue weighted by Crippen LogP contribution is -2.41. The third kappa shape index (κ3) is 4.64. The van der Waals surface area contributed by atoms with E-state index in [4.69, 9.17) is 5.14 Å². The molecule has 0 unspecified atom stereocenters. The third-order valence-corrected chi connectivity index (χ3v) is 5.76. The zero-order valence-electron chi connectivity index (χ0n) is 15.1. The number of halogens is 1. The molecule has 4 N–H and O–H groups in total. The van der Waals surface area contributed by atoms with Crippen LogP contribution in [0.3, 0.4) is 0 Å². The minimum atomic E-state index is -3.69. The van der Waals surface area contributed by atoms with Crippen LogP contribution in [0.2, 0.25) is 0 Å². The van der Waals surface area contributed by atoms with Gasteiger partial charge < -0.3 is 10.6 Å². The minimum absolute atomic E-state index is 0.0781.